The Kier molecular flexibility index (Phi) is 22.4. The van der Waals surface area contributed by atoms with Gasteiger partial charge in [0.25, 0.3) is 0 Å². The highest BCUT2D eigenvalue weighted by molar-refractivity contribution is 6.30. The van der Waals surface area contributed by atoms with E-state index in [1.165, 1.54) is 85.9 Å². The molecule has 0 fully saturated rings. The number of nitrogens with two attached hydrogens (primary N) is 4. The zero-order valence-electron chi connectivity index (χ0n) is 44.6. The first kappa shape index (κ1) is 62.2. The highest BCUT2D eigenvalue weighted by Gasteiger charge is 2.37. The SMILES string of the molecule is C[C@@H](O)[C@@H]1NC(=O)[C@H](CCCCN)NC(=O)[C@@H](Cc2ccc(C(N)=O)cc2)NC(=O)[C@H](Cc2ccc(O)cc2)NC(=O)[C@H](NC(=O)[C@@H](N)Cc2ccc(Cl)cc2)Cc2cn(nn2)C[C@@H](C(=O)NC(Cc2ccc(O)cc2)C(N)=O)NC1=O. The standard InChI is InChI=1S/C55H67ClN14O12/c1-29(71)46-55(82)66-45(54(81)62-41(48(60)75)23-32-9-17-37(72)18-10-32)28-70-27-36(68-69-70)26-44(63-49(76)39(58)22-30-7-15-35(56)16-8-30)53(80)65-43(25-33-11-19-38(73)20-12-33)52(79)64-42(24-31-5-13-34(14-6-31)47(59)74)51(78)61-40(50(77)67-46)4-2-3-21-57/h5-20,27,29,39-46,71-73H,2-4,21-26,28,57-58H2,1H3,(H2,59,74)(H2,60,75)(H,61,78)(H,62,81)(H,63,76)(H,64,79)(H,65,80)(H,66,82)(H,67,77)/t29-,39+,40+,41?,42-,43+,44-,45+,46+/m1/s1. The number of nitrogens with zero attached hydrogens (tertiary/aromatic N) is 3. The number of carbonyl (C=O) groups excluding carboxylic acids is 9. The molecule has 9 atom stereocenters. The molecule has 9 amide bonds. The minimum Gasteiger partial charge on any atom is -0.508 e. The first-order valence-electron chi connectivity index (χ1n) is 26.2. The summed E-state index contributed by atoms with van der Waals surface area (Å²) in [5.74, 6) is -8.60. The van der Waals surface area contributed by atoms with Crippen LogP contribution in [-0.4, -0.2) is 144 Å². The van der Waals surface area contributed by atoms with Gasteiger partial charge >= 0.3 is 0 Å². The van der Waals surface area contributed by atoms with E-state index in [0.29, 0.717) is 33.7 Å². The summed E-state index contributed by atoms with van der Waals surface area (Å²) in [5, 5.41) is 58.0. The predicted molar refractivity (Wildman–Crippen MR) is 296 cm³/mol. The molecule has 5 aromatic rings. The number of aromatic nitrogens is 3. The molecule has 436 valence electrons. The van der Waals surface area contributed by atoms with Gasteiger partial charge in [0.15, 0.2) is 0 Å². The summed E-state index contributed by atoms with van der Waals surface area (Å²) in [5.41, 5.74) is 25.5. The second-order valence-corrected chi connectivity index (χ2v) is 20.3. The zero-order chi connectivity index (χ0) is 59.6. The van der Waals surface area contributed by atoms with E-state index in [1.807, 2.05) is 0 Å². The van der Waals surface area contributed by atoms with Crippen molar-refractivity contribution in [2.75, 3.05) is 6.54 Å². The lowest BCUT2D eigenvalue weighted by molar-refractivity contribution is -0.137. The van der Waals surface area contributed by atoms with Crippen LogP contribution < -0.4 is 60.2 Å². The van der Waals surface area contributed by atoms with Gasteiger partial charge in [-0.2, -0.15) is 0 Å². The maximum Gasteiger partial charge on any atom is 0.248 e. The minimum atomic E-state index is -1.81. The number of aliphatic hydroxyl groups excluding tert-OH is 1. The lowest BCUT2D eigenvalue weighted by Crippen LogP contribution is -2.62. The molecular formula is C55H67ClN14O12. The molecule has 0 spiro atoms. The van der Waals surface area contributed by atoms with Crippen molar-refractivity contribution in [3.8, 4) is 11.5 Å². The van der Waals surface area contributed by atoms with Crippen LogP contribution in [0.1, 0.15) is 64.5 Å². The van der Waals surface area contributed by atoms with E-state index in [1.54, 1.807) is 24.3 Å². The molecular weight excluding hydrogens is 1080 g/mol. The number of primary amides is 2. The van der Waals surface area contributed by atoms with Crippen LogP contribution in [0.5, 0.6) is 11.5 Å². The number of phenols is 2. The fourth-order valence-electron chi connectivity index (χ4n) is 8.76. The Bertz CT molecular complexity index is 3050. The van der Waals surface area contributed by atoms with Crippen molar-refractivity contribution in [2.24, 2.45) is 22.9 Å². The van der Waals surface area contributed by atoms with Crippen LogP contribution in [0.3, 0.4) is 0 Å². The summed E-state index contributed by atoms with van der Waals surface area (Å²) in [6.07, 6.45) is -0.947. The average Bonchev–Trinajstić information content (AvgIpc) is 3.91. The van der Waals surface area contributed by atoms with Crippen LogP contribution >= 0.6 is 11.6 Å². The highest BCUT2D eigenvalue weighted by Crippen LogP contribution is 2.17. The van der Waals surface area contributed by atoms with E-state index < -0.39 is 121 Å². The summed E-state index contributed by atoms with van der Waals surface area (Å²) in [6, 6.07) is 11.5. The number of halogens is 1. The quantitative estimate of drug-likeness (QED) is 0.0386. The van der Waals surface area contributed by atoms with Crippen LogP contribution in [0.25, 0.3) is 0 Å². The molecule has 26 nitrogen and oxygen atoms in total. The van der Waals surface area contributed by atoms with Crippen molar-refractivity contribution in [3.63, 3.8) is 0 Å². The number of amides is 9. The summed E-state index contributed by atoms with van der Waals surface area (Å²) < 4.78 is 1.10. The topological polar surface area (TPSA) is 433 Å². The van der Waals surface area contributed by atoms with Crippen molar-refractivity contribution >= 4 is 64.8 Å². The van der Waals surface area contributed by atoms with Gasteiger partial charge in [0.2, 0.25) is 53.2 Å². The number of aromatic hydroxyl groups is 2. The predicted octanol–water partition coefficient (Wildman–Crippen LogP) is -2.32. The van der Waals surface area contributed by atoms with Gasteiger partial charge in [-0.3, -0.25) is 43.2 Å². The van der Waals surface area contributed by atoms with Crippen molar-refractivity contribution in [3.05, 3.63) is 142 Å². The molecule has 1 aliphatic rings. The smallest absolute Gasteiger partial charge is 0.248 e. The molecule has 0 radical (unpaired) electrons. The van der Waals surface area contributed by atoms with Gasteiger partial charge in [-0.05, 0) is 110 Å². The summed E-state index contributed by atoms with van der Waals surface area (Å²) in [7, 11) is 0. The number of unbranched alkanes of at least 4 members (excludes halogenated alkanes) is 1. The summed E-state index contributed by atoms with van der Waals surface area (Å²) in [6.45, 7) is 0.828. The van der Waals surface area contributed by atoms with Gasteiger partial charge in [0.1, 0.15) is 53.8 Å². The van der Waals surface area contributed by atoms with Gasteiger partial charge in [-0.25, -0.2) is 4.68 Å². The van der Waals surface area contributed by atoms with E-state index in [4.69, 9.17) is 34.5 Å². The fraction of sp³-hybridized carbons (Fsp3) is 0.364. The highest BCUT2D eigenvalue weighted by atomic mass is 35.5. The Morgan fingerprint density at radius 1 is 0.695 bits per heavy atom. The van der Waals surface area contributed by atoms with Crippen LogP contribution in [0.4, 0.5) is 0 Å². The Labute approximate surface area is 475 Å². The summed E-state index contributed by atoms with van der Waals surface area (Å²) in [4.78, 5) is 126. The normalized spacial score (nSPS) is 20.4. The number of hydrogen-bond donors (Lipinski definition) is 14. The molecule has 0 saturated carbocycles. The van der Waals surface area contributed by atoms with E-state index >= 15 is 0 Å². The molecule has 2 bridgehead atoms. The monoisotopic (exact) mass is 1150 g/mol. The third-order valence-electron chi connectivity index (χ3n) is 13.3. The van der Waals surface area contributed by atoms with E-state index in [0.717, 1.165) is 4.68 Å². The van der Waals surface area contributed by atoms with Gasteiger partial charge in [-0.1, -0.05) is 65.3 Å². The molecule has 4 aromatic carbocycles. The molecule has 1 unspecified atom stereocenters. The second-order valence-electron chi connectivity index (χ2n) is 19.9. The number of rotatable bonds is 19. The number of aliphatic hydroxyl groups is 1. The van der Waals surface area contributed by atoms with Gasteiger partial charge in [0, 0.05) is 42.5 Å². The van der Waals surface area contributed by atoms with Crippen molar-refractivity contribution in [2.45, 2.75) is 119 Å². The average molecular weight is 1150 g/mol. The minimum absolute atomic E-state index is 0.000249. The lowest BCUT2D eigenvalue weighted by Gasteiger charge is -2.29. The number of phenolic OH excluding ortho intramolecular Hbond substituents is 2. The van der Waals surface area contributed by atoms with Crippen LogP contribution in [-0.2, 0) is 77.0 Å². The van der Waals surface area contributed by atoms with Gasteiger partial charge in [-0.15, -0.1) is 5.10 Å². The largest absolute Gasteiger partial charge is 0.508 e. The second kappa shape index (κ2) is 29.5. The molecule has 27 heteroatoms. The van der Waals surface area contributed by atoms with Crippen LogP contribution in [0, 0.1) is 0 Å². The Morgan fingerprint density at radius 2 is 1.22 bits per heavy atom. The Balaban J connectivity index is 1.44. The summed E-state index contributed by atoms with van der Waals surface area (Å²) >= 11 is 6.08. The van der Waals surface area contributed by atoms with Crippen molar-refractivity contribution in [1.82, 2.24) is 52.2 Å². The fourth-order valence-corrected chi connectivity index (χ4v) is 8.88. The van der Waals surface area contributed by atoms with Crippen molar-refractivity contribution in [1.29, 1.82) is 0 Å². The molecule has 0 aliphatic carbocycles. The van der Waals surface area contributed by atoms with E-state index in [-0.39, 0.29) is 67.8 Å². The third-order valence-corrected chi connectivity index (χ3v) is 13.6. The molecule has 6 rings (SSSR count). The number of nitrogens with one attached hydrogen (secondary N) is 7. The lowest BCUT2D eigenvalue weighted by atomic mass is 10.00. The number of benzene rings is 4. The molecule has 0 saturated heterocycles. The molecule has 82 heavy (non-hydrogen) atoms. The van der Waals surface area contributed by atoms with Gasteiger partial charge < -0.3 is 75.5 Å². The zero-order valence-corrected chi connectivity index (χ0v) is 45.4. The van der Waals surface area contributed by atoms with E-state index in [2.05, 4.69) is 47.5 Å². The van der Waals surface area contributed by atoms with Crippen molar-refractivity contribution < 1.29 is 58.5 Å². The maximum absolute atomic E-state index is 14.8. The number of fused-ring (bicyclic) bond motifs is 2. The molecule has 2 heterocycles. The van der Waals surface area contributed by atoms with E-state index in [9.17, 15) is 58.5 Å². The Hall–Kier alpha value is -8.98. The molecule has 18 N–H and O–H groups in total. The Morgan fingerprint density at radius 3 is 1.78 bits per heavy atom. The first-order valence-corrected chi connectivity index (χ1v) is 26.6. The number of carbonyl (C=O) groups is 9. The van der Waals surface area contributed by atoms with Crippen LogP contribution in [0.15, 0.2) is 103 Å². The first-order chi connectivity index (χ1) is 39.0. The van der Waals surface area contributed by atoms with Gasteiger partial charge in [0.05, 0.1) is 24.4 Å². The molecule has 1 aromatic heterocycles. The maximum atomic E-state index is 14.8. The van der Waals surface area contributed by atoms with Crippen LogP contribution in [0.2, 0.25) is 5.02 Å². The number of hydrogen-bond acceptors (Lipinski definition) is 16. The molecule has 1 aliphatic heterocycles. The third kappa shape index (κ3) is 18.5.